The van der Waals surface area contributed by atoms with E-state index in [1.165, 1.54) is 6.92 Å². The predicted molar refractivity (Wildman–Crippen MR) is 72.6 cm³/mol. The van der Waals surface area contributed by atoms with E-state index in [-0.39, 0.29) is 11.6 Å². The number of nitrogens with one attached hydrogen (secondary N) is 2. The summed E-state index contributed by atoms with van der Waals surface area (Å²) in [5, 5.41) is 4.79. The summed E-state index contributed by atoms with van der Waals surface area (Å²) in [6.45, 7) is 2.01. The fraction of sp³-hybridized carbons (Fsp3) is 0.538. The van der Waals surface area contributed by atoms with Crippen LogP contribution in [0.15, 0.2) is 6.07 Å². The zero-order valence-corrected chi connectivity index (χ0v) is 12.2. The molecule has 2 fully saturated rings. The Kier molecular flexibility index (Phi) is 3.42. The maximum absolute atomic E-state index is 12.8. The third-order valence-corrected chi connectivity index (χ3v) is 4.07. The van der Waals surface area contributed by atoms with Crippen molar-refractivity contribution < 1.29 is 22.8 Å². The molecule has 1 aromatic rings. The van der Waals surface area contributed by atoms with Gasteiger partial charge >= 0.3 is 12.2 Å². The SMILES string of the molecule is Cc1nc(N2CCC3(CC2)NC(=O)NC3=O)cc(C(F)(F)F)n1. The Balaban J connectivity index is 1.79. The molecule has 0 aromatic carbocycles. The molecule has 2 N–H and O–H groups in total. The number of hydrogen-bond donors (Lipinski definition) is 2. The van der Waals surface area contributed by atoms with Gasteiger partial charge in [0.25, 0.3) is 5.91 Å². The number of carbonyl (C=O) groups excluding carboxylic acids is 2. The monoisotopic (exact) mass is 329 g/mol. The lowest BCUT2D eigenvalue weighted by Gasteiger charge is -2.37. The van der Waals surface area contributed by atoms with E-state index < -0.39 is 29.3 Å². The molecule has 7 nitrogen and oxygen atoms in total. The molecule has 0 bridgehead atoms. The normalized spacial score (nSPS) is 20.6. The van der Waals surface area contributed by atoms with Gasteiger partial charge in [0.05, 0.1) is 0 Å². The minimum atomic E-state index is -4.54. The molecule has 3 amide bonds. The van der Waals surface area contributed by atoms with Crippen LogP contribution in [0.4, 0.5) is 23.8 Å². The van der Waals surface area contributed by atoms with Gasteiger partial charge in [-0.05, 0) is 19.8 Å². The number of rotatable bonds is 1. The summed E-state index contributed by atoms with van der Waals surface area (Å²) in [6, 6.07) is 0.360. The number of halogens is 3. The highest BCUT2D eigenvalue weighted by Crippen LogP contribution is 2.32. The molecule has 3 rings (SSSR count). The van der Waals surface area contributed by atoms with Gasteiger partial charge in [-0.2, -0.15) is 13.2 Å². The van der Waals surface area contributed by atoms with Crippen LogP contribution in [0, 0.1) is 6.92 Å². The zero-order valence-electron chi connectivity index (χ0n) is 12.2. The van der Waals surface area contributed by atoms with Crippen LogP contribution in [0.25, 0.3) is 0 Å². The molecule has 0 aliphatic carbocycles. The zero-order chi connectivity index (χ0) is 16.8. The first kappa shape index (κ1) is 15.5. The van der Waals surface area contributed by atoms with Gasteiger partial charge in [-0.25, -0.2) is 14.8 Å². The van der Waals surface area contributed by atoms with Crippen molar-refractivity contribution in [1.82, 2.24) is 20.6 Å². The predicted octanol–water partition coefficient (Wildman–Crippen LogP) is 0.982. The number of hydrogen-bond acceptors (Lipinski definition) is 5. The number of nitrogens with zero attached hydrogens (tertiary/aromatic N) is 3. The molecule has 10 heteroatoms. The number of amides is 3. The highest BCUT2D eigenvalue weighted by molar-refractivity contribution is 6.07. The van der Waals surface area contributed by atoms with E-state index in [0.29, 0.717) is 25.9 Å². The minimum absolute atomic E-state index is 0.0297. The Bertz CT molecular complexity index is 668. The Morgan fingerprint density at radius 2 is 1.87 bits per heavy atom. The van der Waals surface area contributed by atoms with Crippen LogP contribution in [0.5, 0.6) is 0 Å². The van der Waals surface area contributed by atoms with Crippen LogP contribution in [-0.4, -0.2) is 40.5 Å². The first-order valence-electron chi connectivity index (χ1n) is 7.01. The average Bonchev–Trinajstić information content (AvgIpc) is 2.72. The van der Waals surface area contributed by atoms with E-state index in [1.54, 1.807) is 4.90 Å². The van der Waals surface area contributed by atoms with E-state index in [1.807, 2.05) is 0 Å². The highest BCUT2D eigenvalue weighted by atomic mass is 19.4. The van der Waals surface area contributed by atoms with Crippen LogP contribution >= 0.6 is 0 Å². The van der Waals surface area contributed by atoms with Crippen molar-refractivity contribution >= 4 is 17.8 Å². The molecule has 0 saturated carbocycles. The Morgan fingerprint density at radius 1 is 1.22 bits per heavy atom. The van der Waals surface area contributed by atoms with Crippen molar-refractivity contribution in [3.63, 3.8) is 0 Å². The fourth-order valence-corrected chi connectivity index (χ4v) is 2.86. The van der Waals surface area contributed by atoms with Crippen molar-refractivity contribution in [3.8, 4) is 0 Å². The van der Waals surface area contributed by atoms with Crippen molar-refractivity contribution in [2.75, 3.05) is 18.0 Å². The third kappa shape index (κ3) is 2.80. The second kappa shape index (κ2) is 5.07. The van der Waals surface area contributed by atoms with Gasteiger partial charge < -0.3 is 10.2 Å². The Labute approximate surface area is 129 Å². The lowest BCUT2D eigenvalue weighted by Crippen LogP contribution is -2.55. The molecule has 3 heterocycles. The number of carbonyl (C=O) groups is 2. The molecule has 0 radical (unpaired) electrons. The number of anilines is 1. The molecule has 0 unspecified atom stereocenters. The molecule has 23 heavy (non-hydrogen) atoms. The maximum atomic E-state index is 12.8. The van der Waals surface area contributed by atoms with Crippen LogP contribution in [0.2, 0.25) is 0 Å². The molecule has 124 valence electrons. The van der Waals surface area contributed by atoms with Gasteiger partial charge in [0.2, 0.25) is 0 Å². The summed E-state index contributed by atoms with van der Waals surface area (Å²) in [5.74, 6) is -0.191. The summed E-state index contributed by atoms with van der Waals surface area (Å²) >= 11 is 0. The lowest BCUT2D eigenvalue weighted by atomic mass is 9.88. The second-order valence-corrected chi connectivity index (χ2v) is 5.63. The van der Waals surface area contributed by atoms with Crippen LogP contribution in [0.1, 0.15) is 24.4 Å². The Hall–Kier alpha value is -2.39. The average molecular weight is 329 g/mol. The molecular weight excluding hydrogens is 315 g/mol. The van der Waals surface area contributed by atoms with Gasteiger partial charge in [-0.1, -0.05) is 0 Å². The van der Waals surface area contributed by atoms with Crippen molar-refractivity contribution in [3.05, 3.63) is 17.6 Å². The van der Waals surface area contributed by atoms with Crippen LogP contribution in [0.3, 0.4) is 0 Å². The quantitative estimate of drug-likeness (QED) is 0.750. The molecule has 1 aromatic heterocycles. The first-order valence-corrected chi connectivity index (χ1v) is 7.01. The van der Waals surface area contributed by atoms with Gasteiger partial charge in [0, 0.05) is 19.2 Å². The van der Waals surface area contributed by atoms with Crippen molar-refractivity contribution in [2.24, 2.45) is 0 Å². The number of imide groups is 1. The number of urea groups is 1. The topological polar surface area (TPSA) is 87.2 Å². The molecule has 2 aliphatic rings. The molecular formula is C13H14F3N5O2. The minimum Gasteiger partial charge on any atom is -0.356 e. The first-order chi connectivity index (χ1) is 10.7. The van der Waals surface area contributed by atoms with Gasteiger partial charge in [-0.15, -0.1) is 0 Å². The van der Waals surface area contributed by atoms with E-state index in [4.69, 9.17) is 0 Å². The van der Waals surface area contributed by atoms with Crippen LogP contribution < -0.4 is 15.5 Å². The number of alkyl halides is 3. The molecule has 1 spiro atoms. The summed E-state index contributed by atoms with van der Waals surface area (Å²) in [6.07, 6.45) is -3.94. The number of aromatic nitrogens is 2. The second-order valence-electron chi connectivity index (χ2n) is 5.63. The summed E-state index contributed by atoms with van der Waals surface area (Å²) in [4.78, 5) is 32.2. The van der Waals surface area contributed by atoms with Gasteiger partial charge in [-0.3, -0.25) is 10.1 Å². The largest absolute Gasteiger partial charge is 0.433 e. The molecule has 2 saturated heterocycles. The fourth-order valence-electron chi connectivity index (χ4n) is 2.86. The van der Waals surface area contributed by atoms with Gasteiger partial charge in [0.15, 0.2) is 0 Å². The molecule has 0 atom stereocenters. The van der Waals surface area contributed by atoms with Crippen molar-refractivity contribution in [2.45, 2.75) is 31.5 Å². The van der Waals surface area contributed by atoms with E-state index in [2.05, 4.69) is 20.6 Å². The Morgan fingerprint density at radius 3 is 2.39 bits per heavy atom. The highest BCUT2D eigenvalue weighted by Gasteiger charge is 2.48. The summed E-state index contributed by atoms with van der Waals surface area (Å²) < 4.78 is 38.5. The number of aryl methyl sites for hydroxylation is 1. The van der Waals surface area contributed by atoms with E-state index in [0.717, 1.165) is 6.07 Å². The summed E-state index contributed by atoms with van der Waals surface area (Å²) in [5.41, 5.74) is -1.96. The third-order valence-electron chi connectivity index (χ3n) is 4.07. The summed E-state index contributed by atoms with van der Waals surface area (Å²) in [7, 11) is 0. The van der Waals surface area contributed by atoms with Crippen LogP contribution in [-0.2, 0) is 11.0 Å². The van der Waals surface area contributed by atoms with Gasteiger partial charge in [0.1, 0.15) is 22.9 Å². The van der Waals surface area contributed by atoms with E-state index in [9.17, 15) is 22.8 Å². The number of piperidine rings is 1. The lowest BCUT2D eigenvalue weighted by molar-refractivity contribution is -0.141. The smallest absolute Gasteiger partial charge is 0.356 e. The standard InChI is InChI=1S/C13H14F3N5O2/c1-7-17-8(13(14,15)16)6-9(18-7)21-4-2-12(3-5-21)10(22)19-11(23)20-12/h6H,2-5H2,1H3,(H2,19,20,22,23). The van der Waals surface area contributed by atoms with Crippen molar-refractivity contribution in [1.29, 1.82) is 0 Å². The van der Waals surface area contributed by atoms with E-state index >= 15 is 0 Å². The maximum Gasteiger partial charge on any atom is 0.433 e. The molecule has 2 aliphatic heterocycles.